The molecule has 0 saturated carbocycles. The standard InChI is InChI=1S/C21H21ClN2O4/c1-13-6-7-18(14(2)8-13)23-19(25)12-28-21(27)15-9-20(26)24(11-15)17-5-3-4-16(22)10-17/h3-8,10,15H,9,11-12H2,1-2H3,(H,23,25)/t15-/m1/s1. The summed E-state index contributed by atoms with van der Waals surface area (Å²) in [5, 5.41) is 3.24. The van der Waals surface area contributed by atoms with Crippen LogP contribution in [0.15, 0.2) is 42.5 Å². The number of nitrogens with zero attached hydrogens (tertiary/aromatic N) is 1. The largest absolute Gasteiger partial charge is 0.455 e. The lowest BCUT2D eigenvalue weighted by Crippen LogP contribution is -2.28. The van der Waals surface area contributed by atoms with Crippen LogP contribution in [-0.4, -0.2) is 30.9 Å². The van der Waals surface area contributed by atoms with Crippen LogP contribution in [0.3, 0.4) is 0 Å². The molecule has 0 radical (unpaired) electrons. The molecule has 3 rings (SSSR count). The summed E-state index contributed by atoms with van der Waals surface area (Å²) in [6, 6.07) is 12.5. The Labute approximate surface area is 168 Å². The third-order valence-corrected chi connectivity index (χ3v) is 4.81. The molecule has 0 unspecified atom stereocenters. The SMILES string of the molecule is Cc1ccc(NC(=O)COC(=O)[C@@H]2CC(=O)N(c3cccc(Cl)c3)C2)c(C)c1. The molecule has 0 aromatic heterocycles. The number of carbonyl (C=O) groups is 3. The Morgan fingerprint density at radius 2 is 2.00 bits per heavy atom. The highest BCUT2D eigenvalue weighted by atomic mass is 35.5. The minimum atomic E-state index is -0.611. The van der Waals surface area contributed by atoms with Crippen LogP contribution in [0.25, 0.3) is 0 Å². The Balaban J connectivity index is 1.53. The maximum Gasteiger partial charge on any atom is 0.311 e. The van der Waals surface area contributed by atoms with Crippen LogP contribution in [-0.2, 0) is 19.1 Å². The predicted octanol–water partition coefficient (Wildman–Crippen LogP) is 3.49. The minimum Gasteiger partial charge on any atom is -0.455 e. The van der Waals surface area contributed by atoms with E-state index in [0.717, 1.165) is 11.1 Å². The Hall–Kier alpha value is -2.86. The quantitative estimate of drug-likeness (QED) is 0.779. The van der Waals surface area contributed by atoms with Crippen LogP contribution in [0.2, 0.25) is 5.02 Å². The van der Waals surface area contributed by atoms with Crippen molar-refractivity contribution >= 4 is 40.8 Å². The second-order valence-corrected chi connectivity index (χ2v) is 7.30. The molecule has 2 aromatic carbocycles. The molecule has 1 aliphatic rings. The van der Waals surface area contributed by atoms with Crippen molar-refractivity contribution in [2.24, 2.45) is 5.92 Å². The molecule has 0 bridgehead atoms. The van der Waals surface area contributed by atoms with Crippen LogP contribution in [0.4, 0.5) is 11.4 Å². The van der Waals surface area contributed by atoms with E-state index in [-0.39, 0.29) is 18.9 Å². The van der Waals surface area contributed by atoms with Gasteiger partial charge in [0.15, 0.2) is 6.61 Å². The number of ether oxygens (including phenoxy) is 1. The van der Waals surface area contributed by atoms with E-state index in [4.69, 9.17) is 16.3 Å². The van der Waals surface area contributed by atoms with Gasteiger partial charge in [-0.25, -0.2) is 0 Å². The number of amides is 2. The fraction of sp³-hybridized carbons (Fsp3) is 0.286. The van der Waals surface area contributed by atoms with Crippen molar-refractivity contribution in [1.29, 1.82) is 0 Å². The summed E-state index contributed by atoms with van der Waals surface area (Å²) in [5.74, 6) is -1.77. The molecule has 2 amide bonds. The van der Waals surface area contributed by atoms with Gasteiger partial charge in [0.2, 0.25) is 5.91 Å². The van der Waals surface area contributed by atoms with Gasteiger partial charge < -0.3 is 15.0 Å². The van der Waals surface area contributed by atoms with Crippen LogP contribution in [0.1, 0.15) is 17.5 Å². The van der Waals surface area contributed by atoms with Crippen molar-refractivity contribution in [1.82, 2.24) is 0 Å². The van der Waals surface area contributed by atoms with Gasteiger partial charge in [-0.1, -0.05) is 35.4 Å². The average Bonchev–Trinajstić information content (AvgIpc) is 3.04. The lowest BCUT2D eigenvalue weighted by molar-refractivity contribution is -0.151. The van der Waals surface area contributed by atoms with Crippen LogP contribution < -0.4 is 10.2 Å². The molecule has 1 aliphatic heterocycles. The molecule has 7 heteroatoms. The molecule has 0 aliphatic carbocycles. The highest BCUT2D eigenvalue weighted by molar-refractivity contribution is 6.31. The van der Waals surface area contributed by atoms with Crippen molar-refractivity contribution in [3.05, 3.63) is 58.6 Å². The Morgan fingerprint density at radius 1 is 1.21 bits per heavy atom. The third kappa shape index (κ3) is 4.70. The van der Waals surface area contributed by atoms with Gasteiger partial charge in [-0.2, -0.15) is 0 Å². The monoisotopic (exact) mass is 400 g/mol. The Kier molecular flexibility index (Phi) is 5.99. The average molecular weight is 401 g/mol. The zero-order valence-corrected chi connectivity index (χ0v) is 16.5. The predicted molar refractivity (Wildman–Crippen MR) is 107 cm³/mol. The van der Waals surface area contributed by atoms with Crippen molar-refractivity contribution in [2.45, 2.75) is 20.3 Å². The zero-order chi connectivity index (χ0) is 20.3. The zero-order valence-electron chi connectivity index (χ0n) is 15.7. The van der Waals surface area contributed by atoms with Gasteiger partial charge in [0.25, 0.3) is 5.91 Å². The minimum absolute atomic E-state index is 0.0457. The van der Waals surface area contributed by atoms with Crippen LogP contribution >= 0.6 is 11.6 Å². The summed E-state index contributed by atoms with van der Waals surface area (Å²) in [7, 11) is 0. The fourth-order valence-corrected chi connectivity index (χ4v) is 3.34. The first-order valence-corrected chi connectivity index (χ1v) is 9.31. The highest BCUT2D eigenvalue weighted by Gasteiger charge is 2.36. The number of esters is 1. The maximum atomic E-state index is 12.3. The van der Waals surface area contributed by atoms with Crippen molar-refractivity contribution < 1.29 is 19.1 Å². The number of hydrogen-bond donors (Lipinski definition) is 1. The number of halogens is 1. The van der Waals surface area contributed by atoms with E-state index >= 15 is 0 Å². The number of carbonyl (C=O) groups excluding carboxylic acids is 3. The lowest BCUT2D eigenvalue weighted by Gasteiger charge is -2.16. The molecule has 1 fully saturated rings. The highest BCUT2D eigenvalue weighted by Crippen LogP contribution is 2.27. The molecule has 146 valence electrons. The molecule has 0 spiro atoms. The van der Waals surface area contributed by atoms with Gasteiger partial charge in [0.1, 0.15) is 0 Å². The van der Waals surface area contributed by atoms with Gasteiger partial charge in [-0.05, 0) is 43.7 Å². The number of aryl methyl sites for hydroxylation is 2. The van der Waals surface area contributed by atoms with Crippen LogP contribution in [0.5, 0.6) is 0 Å². The molecule has 28 heavy (non-hydrogen) atoms. The normalized spacial score (nSPS) is 16.2. The van der Waals surface area contributed by atoms with Crippen LogP contribution in [0, 0.1) is 19.8 Å². The number of hydrogen-bond acceptors (Lipinski definition) is 4. The van der Waals surface area contributed by atoms with Gasteiger partial charge >= 0.3 is 5.97 Å². The second-order valence-electron chi connectivity index (χ2n) is 6.86. The van der Waals surface area contributed by atoms with E-state index in [1.54, 1.807) is 24.3 Å². The number of anilines is 2. The second kappa shape index (κ2) is 8.44. The summed E-state index contributed by atoms with van der Waals surface area (Å²) in [6.45, 7) is 3.67. The fourth-order valence-electron chi connectivity index (χ4n) is 3.15. The van der Waals surface area contributed by atoms with Gasteiger partial charge in [-0.3, -0.25) is 14.4 Å². The number of nitrogens with one attached hydrogen (secondary N) is 1. The van der Waals surface area contributed by atoms with E-state index in [1.165, 1.54) is 4.90 Å². The van der Waals surface area contributed by atoms with E-state index in [2.05, 4.69) is 5.32 Å². The third-order valence-electron chi connectivity index (χ3n) is 4.58. The smallest absolute Gasteiger partial charge is 0.311 e. The maximum absolute atomic E-state index is 12.3. The van der Waals surface area contributed by atoms with Crippen molar-refractivity contribution in [3.63, 3.8) is 0 Å². The Morgan fingerprint density at radius 3 is 2.71 bits per heavy atom. The first-order valence-electron chi connectivity index (χ1n) is 8.93. The summed E-state index contributed by atoms with van der Waals surface area (Å²) in [4.78, 5) is 38.1. The first kappa shape index (κ1) is 19.9. The topological polar surface area (TPSA) is 75.7 Å². The first-order chi connectivity index (χ1) is 13.3. The molecule has 1 saturated heterocycles. The lowest BCUT2D eigenvalue weighted by atomic mass is 10.1. The molecule has 6 nitrogen and oxygen atoms in total. The van der Waals surface area contributed by atoms with E-state index in [1.807, 2.05) is 32.0 Å². The molecular weight excluding hydrogens is 380 g/mol. The van der Waals surface area contributed by atoms with Gasteiger partial charge in [0, 0.05) is 29.4 Å². The molecule has 2 aromatic rings. The number of rotatable bonds is 5. The van der Waals surface area contributed by atoms with Crippen molar-refractivity contribution in [2.75, 3.05) is 23.4 Å². The molecule has 1 atom stereocenters. The summed E-state index contributed by atoms with van der Waals surface area (Å²) >= 11 is 5.97. The van der Waals surface area contributed by atoms with Gasteiger partial charge in [-0.15, -0.1) is 0 Å². The molecular formula is C21H21ClN2O4. The van der Waals surface area contributed by atoms with Gasteiger partial charge in [0.05, 0.1) is 5.92 Å². The Bertz CT molecular complexity index is 928. The molecule has 1 heterocycles. The van der Waals surface area contributed by atoms with E-state index in [9.17, 15) is 14.4 Å². The van der Waals surface area contributed by atoms with Crippen molar-refractivity contribution in [3.8, 4) is 0 Å². The molecule has 1 N–H and O–H groups in total. The van der Waals surface area contributed by atoms with E-state index in [0.29, 0.717) is 16.4 Å². The number of benzene rings is 2. The van der Waals surface area contributed by atoms with E-state index < -0.39 is 24.4 Å². The summed E-state index contributed by atoms with van der Waals surface area (Å²) in [5.41, 5.74) is 3.34. The summed E-state index contributed by atoms with van der Waals surface area (Å²) in [6.07, 6.45) is 0.0457. The summed E-state index contributed by atoms with van der Waals surface area (Å²) < 4.78 is 5.12.